The normalized spacial score (nSPS) is 16.1. The number of ether oxygens (including phenoxy) is 2. The van der Waals surface area contributed by atoms with Crippen LogP contribution < -0.4 is 9.47 Å². The first-order valence-electron chi connectivity index (χ1n) is 9.71. The van der Waals surface area contributed by atoms with Crippen molar-refractivity contribution >= 4 is 21.1 Å². The van der Waals surface area contributed by atoms with E-state index in [0.29, 0.717) is 50.1 Å². The number of hydrogen-bond donors (Lipinski definition) is 0. The van der Waals surface area contributed by atoms with Crippen molar-refractivity contribution in [3.63, 3.8) is 0 Å². The molecule has 2 aromatic carbocycles. The molecule has 0 N–H and O–H groups in total. The fourth-order valence-corrected chi connectivity index (χ4v) is 5.03. The number of piperazine rings is 1. The van der Waals surface area contributed by atoms with Gasteiger partial charge in [-0.05, 0) is 36.8 Å². The highest BCUT2D eigenvalue weighted by Gasteiger charge is 2.29. The molecular formula is C21H25N3O5S. The van der Waals surface area contributed by atoms with Crippen molar-refractivity contribution in [2.75, 3.05) is 40.4 Å². The molecule has 4 rings (SSSR count). The molecule has 0 amide bonds. The van der Waals surface area contributed by atoms with Gasteiger partial charge in [-0.1, -0.05) is 6.07 Å². The zero-order chi connectivity index (χ0) is 21.3. The molecule has 1 aliphatic rings. The van der Waals surface area contributed by atoms with E-state index < -0.39 is 10.0 Å². The van der Waals surface area contributed by atoms with E-state index in [2.05, 4.69) is 9.88 Å². The maximum Gasteiger partial charge on any atom is 0.243 e. The predicted molar refractivity (Wildman–Crippen MR) is 112 cm³/mol. The molecule has 8 nitrogen and oxygen atoms in total. The van der Waals surface area contributed by atoms with E-state index in [1.165, 1.54) is 24.6 Å². The summed E-state index contributed by atoms with van der Waals surface area (Å²) in [7, 11) is -0.605. The highest BCUT2D eigenvalue weighted by Crippen LogP contribution is 2.31. The molecule has 0 unspecified atom stereocenters. The average molecular weight is 432 g/mol. The maximum absolute atomic E-state index is 13.0. The van der Waals surface area contributed by atoms with E-state index in [4.69, 9.17) is 13.9 Å². The summed E-state index contributed by atoms with van der Waals surface area (Å²) in [6.07, 6.45) is 0. The van der Waals surface area contributed by atoms with Gasteiger partial charge in [-0.3, -0.25) is 4.90 Å². The lowest BCUT2D eigenvalue weighted by molar-refractivity contribution is 0.169. The second-order valence-electron chi connectivity index (χ2n) is 7.28. The lowest BCUT2D eigenvalue weighted by Crippen LogP contribution is -2.48. The van der Waals surface area contributed by atoms with Gasteiger partial charge < -0.3 is 13.9 Å². The average Bonchev–Trinajstić information content (AvgIpc) is 3.14. The van der Waals surface area contributed by atoms with Crippen LogP contribution in [0.4, 0.5) is 0 Å². The van der Waals surface area contributed by atoms with Crippen molar-refractivity contribution in [1.82, 2.24) is 14.2 Å². The summed E-state index contributed by atoms with van der Waals surface area (Å²) >= 11 is 0. The number of benzene rings is 2. The lowest BCUT2D eigenvalue weighted by Gasteiger charge is -2.33. The SMILES string of the molecule is COc1ccc(S(=O)(=O)N2CCN(Cc3nc4ccc(C)cc4o3)CC2)cc1OC. The number of rotatable bonds is 6. The zero-order valence-corrected chi connectivity index (χ0v) is 18.1. The summed E-state index contributed by atoms with van der Waals surface area (Å²) in [6, 6.07) is 10.6. The fourth-order valence-electron chi connectivity index (χ4n) is 3.59. The fraction of sp³-hybridized carbons (Fsp3) is 0.381. The Morgan fingerprint density at radius 3 is 2.43 bits per heavy atom. The van der Waals surface area contributed by atoms with Gasteiger partial charge in [0.2, 0.25) is 15.9 Å². The summed E-state index contributed by atoms with van der Waals surface area (Å²) in [5.41, 5.74) is 2.74. The molecule has 160 valence electrons. The third-order valence-electron chi connectivity index (χ3n) is 5.27. The van der Waals surface area contributed by atoms with E-state index in [9.17, 15) is 8.42 Å². The Balaban J connectivity index is 1.43. The zero-order valence-electron chi connectivity index (χ0n) is 17.3. The van der Waals surface area contributed by atoms with Crippen LogP contribution in [0.5, 0.6) is 11.5 Å². The first-order valence-corrected chi connectivity index (χ1v) is 11.2. The number of aromatic nitrogens is 1. The number of fused-ring (bicyclic) bond motifs is 1. The smallest absolute Gasteiger partial charge is 0.243 e. The van der Waals surface area contributed by atoms with Gasteiger partial charge in [0.15, 0.2) is 17.1 Å². The molecule has 2 heterocycles. The second kappa shape index (κ2) is 8.25. The first kappa shape index (κ1) is 20.6. The van der Waals surface area contributed by atoms with E-state index in [1.54, 1.807) is 12.1 Å². The predicted octanol–water partition coefficient (Wildman–Crippen LogP) is 2.66. The Bertz CT molecular complexity index is 1150. The Morgan fingerprint density at radius 2 is 1.73 bits per heavy atom. The molecule has 0 spiro atoms. The Labute approximate surface area is 176 Å². The summed E-state index contributed by atoms with van der Waals surface area (Å²) in [4.78, 5) is 6.88. The molecule has 1 fully saturated rings. The monoisotopic (exact) mass is 431 g/mol. The molecular weight excluding hydrogens is 406 g/mol. The Morgan fingerprint density at radius 1 is 1.00 bits per heavy atom. The van der Waals surface area contributed by atoms with Crippen molar-refractivity contribution in [1.29, 1.82) is 0 Å². The number of methoxy groups -OCH3 is 2. The first-order chi connectivity index (χ1) is 14.4. The summed E-state index contributed by atoms with van der Waals surface area (Å²) in [5.74, 6) is 1.53. The van der Waals surface area contributed by atoms with Crippen molar-refractivity contribution in [2.24, 2.45) is 0 Å². The molecule has 1 aromatic heterocycles. The van der Waals surface area contributed by atoms with E-state index in [0.717, 1.165) is 16.7 Å². The van der Waals surface area contributed by atoms with Crippen molar-refractivity contribution < 1.29 is 22.3 Å². The van der Waals surface area contributed by atoms with Crippen LogP contribution >= 0.6 is 0 Å². The van der Waals surface area contributed by atoms with Crippen LogP contribution in [0.2, 0.25) is 0 Å². The van der Waals surface area contributed by atoms with Gasteiger partial charge >= 0.3 is 0 Å². The quantitative estimate of drug-likeness (QED) is 0.593. The maximum atomic E-state index is 13.0. The molecule has 1 saturated heterocycles. The van der Waals surface area contributed by atoms with Crippen LogP contribution in [0.25, 0.3) is 11.1 Å². The number of sulfonamides is 1. The van der Waals surface area contributed by atoms with Gasteiger partial charge in [-0.25, -0.2) is 13.4 Å². The number of hydrogen-bond acceptors (Lipinski definition) is 7. The molecule has 1 aliphatic heterocycles. The van der Waals surface area contributed by atoms with E-state index >= 15 is 0 Å². The van der Waals surface area contributed by atoms with Gasteiger partial charge in [-0.2, -0.15) is 4.31 Å². The van der Waals surface area contributed by atoms with Crippen LogP contribution in [0, 0.1) is 6.92 Å². The van der Waals surface area contributed by atoms with E-state index in [1.807, 2.05) is 25.1 Å². The van der Waals surface area contributed by atoms with Gasteiger partial charge in [0.1, 0.15) is 5.52 Å². The standard InChI is InChI=1S/C21H25N3O5S/c1-15-4-6-17-19(12-15)29-21(22-17)14-23-8-10-24(11-9-23)30(25,26)16-5-7-18(27-2)20(13-16)28-3/h4-7,12-13H,8-11,14H2,1-3H3. The molecule has 0 bridgehead atoms. The number of oxazole rings is 1. The van der Waals surface area contributed by atoms with Crippen molar-refractivity contribution in [3.05, 3.63) is 47.9 Å². The van der Waals surface area contributed by atoms with Gasteiger partial charge in [0.25, 0.3) is 0 Å². The minimum atomic E-state index is -3.61. The van der Waals surface area contributed by atoms with Crippen molar-refractivity contribution in [3.8, 4) is 11.5 Å². The summed E-state index contributed by atoms with van der Waals surface area (Å²) < 4.78 is 43.9. The highest BCUT2D eigenvalue weighted by molar-refractivity contribution is 7.89. The molecule has 3 aromatic rings. The van der Waals surface area contributed by atoms with Gasteiger partial charge in [0, 0.05) is 32.2 Å². The minimum absolute atomic E-state index is 0.197. The molecule has 0 saturated carbocycles. The van der Waals surface area contributed by atoms with Gasteiger partial charge in [-0.15, -0.1) is 0 Å². The summed E-state index contributed by atoms with van der Waals surface area (Å²) in [5, 5.41) is 0. The van der Waals surface area contributed by atoms with E-state index in [-0.39, 0.29) is 4.90 Å². The largest absolute Gasteiger partial charge is 0.493 e. The summed E-state index contributed by atoms with van der Waals surface area (Å²) in [6.45, 7) is 4.57. The van der Waals surface area contributed by atoms with Crippen LogP contribution in [0.15, 0.2) is 45.7 Å². The molecule has 0 aliphatic carbocycles. The van der Waals surface area contributed by atoms with Crippen LogP contribution in [0.3, 0.4) is 0 Å². The van der Waals surface area contributed by atoms with Crippen LogP contribution in [-0.2, 0) is 16.6 Å². The number of aryl methyl sites for hydroxylation is 1. The Hall–Kier alpha value is -2.62. The molecule has 0 atom stereocenters. The van der Waals surface area contributed by atoms with Crippen molar-refractivity contribution in [2.45, 2.75) is 18.4 Å². The molecule has 30 heavy (non-hydrogen) atoms. The topological polar surface area (TPSA) is 85.1 Å². The number of nitrogens with zero attached hydrogens (tertiary/aromatic N) is 3. The van der Waals surface area contributed by atoms with Gasteiger partial charge in [0.05, 0.1) is 25.7 Å². The third kappa shape index (κ3) is 4.00. The second-order valence-corrected chi connectivity index (χ2v) is 9.21. The Kier molecular flexibility index (Phi) is 5.68. The lowest BCUT2D eigenvalue weighted by atomic mass is 10.2. The highest BCUT2D eigenvalue weighted by atomic mass is 32.2. The third-order valence-corrected chi connectivity index (χ3v) is 7.17. The minimum Gasteiger partial charge on any atom is -0.493 e. The van der Waals surface area contributed by atoms with Crippen LogP contribution in [-0.4, -0.2) is 63.0 Å². The van der Waals surface area contributed by atoms with Crippen LogP contribution in [0.1, 0.15) is 11.5 Å². The molecule has 9 heteroatoms. The molecule has 0 radical (unpaired) electrons.